The van der Waals surface area contributed by atoms with E-state index < -0.39 is 0 Å². The highest BCUT2D eigenvalue weighted by atomic mass is 16.1. The van der Waals surface area contributed by atoms with Crippen LogP contribution in [0, 0.1) is 0 Å². The van der Waals surface area contributed by atoms with Crippen molar-refractivity contribution in [2.45, 2.75) is 13.3 Å². The number of hydrogen-bond donors (Lipinski definition) is 0. The molecule has 69 valence electrons. The predicted octanol–water partition coefficient (Wildman–Crippen LogP) is 1.62. The Labute approximate surface area is 79.2 Å². The third-order valence-electron chi connectivity index (χ3n) is 2.02. The second-order valence-electron chi connectivity index (χ2n) is 2.91. The van der Waals surface area contributed by atoms with Gasteiger partial charge in [-0.2, -0.15) is 0 Å². The topological polar surface area (TPSA) is 20.3 Å². The molecule has 1 amide bonds. The molecule has 2 nitrogen and oxygen atoms in total. The highest BCUT2D eigenvalue weighted by molar-refractivity contribution is 5.47. The first-order chi connectivity index (χ1) is 6.36. The Balaban J connectivity index is 2.38. The Hall–Kier alpha value is -1.31. The smallest absolute Gasteiger partial charge is 0.312 e. The molecule has 0 aromatic heterocycles. The van der Waals surface area contributed by atoms with Gasteiger partial charge in [-0.15, -0.1) is 0 Å². The lowest BCUT2D eigenvalue weighted by Crippen LogP contribution is -2.23. The summed E-state index contributed by atoms with van der Waals surface area (Å²) >= 11 is 0. The van der Waals surface area contributed by atoms with Crippen molar-refractivity contribution in [3.05, 3.63) is 35.9 Å². The number of rotatable bonds is 5. The van der Waals surface area contributed by atoms with E-state index >= 15 is 0 Å². The zero-order valence-electron chi connectivity index (χ0n) is 7.86. The quantitative estimate of drug-likeness (QED) is 0.624. The van der Waals surface area contributed by atoms with E-state index in [-0.39, 0.29) is 0 Å². The van der Waals surface area contributed by atoms with Crippen LogP contribution < -0.4 is 0 Å². The molecule has 0 aliphatic heterocycles. The minimum absolute atomic E-state index is 0.732. The summed E-state index contributed by atoms with van der Waals surface area (Å²) in [4.78, 5) is 12.0. The van der Waals surface area contributed by atoms with E-state index in [1.165, 1.54) is 5.56 Å². The van der Waals surface area contributed by atoms with Gasteiger partial charge in [0.05, 0.1) is 0 Å². The SMILES string of the molecule is CCN([C]=O)CCc1ccccc1. The van der Waals surface area contributed by atoms with Crippen LogP contribution in [0.4, 0.5) is 0 Å². The minimum atomic E-state index is 0.732. The van der Waals surface area contributed by atoms with Gasteiger partial charge in [0.1, 0.15) is 0 Å². The summed E-state index contributed by atoms with van der Waals surface area (Å²) in [6, 6.07) is 10.1. The summed E-state index contributed by atoms with van der Waals surface area (Å²) in [5.41, 5.74) is 1.26. The Morgan fingerprint density at radius 1 is 1.31 bits per heavy atom. The Morgan fingerprint density at radius 3 is 2.54 bits per heavy atom. The molecule has 1 aromatic rings. The molecule has 1 aromatic carbocycles. The van der Waals surface area contributed by atoms with Crippen molar-refractivity contribution < 1.29 is 4.79 Å². The van der Waals surface area contributed by atoms with Gasteiger partial charge < -0.3 is 4.90 Å². The molecule has 2 heteroatoms. The van der Waals surface area contributed by atoms with Crippen molar-refractivity contribution in [3.63, 3.8) is 0 Å². The molecule has 0 aliphatic carbocycles. The molecule has 0 aliphatic rings. The normalized spacial score (nSPS) is 9.62. The van der Waals surface area contributed by atoms with Crippen LogP contribution in [0.1, 0.15) is 12.5 Å². The van der Waals surface area contributed by atoms with Crippen LogP contribution in [0.15, 0.2) is 30.3 Å². The predicted molar refractivity (Wildman–Crippen MR) is 53.1 cm³/mol. The third-order valence-corrected chi connectivity index (χ3v) is 2.02. The molecule has 0 N–H and O–H groups in total. The summed E-state index contributed by atoms with van der Waals surface area (Å²) in [7, 11) is 0. The van der Waals surface area contributed by atoms with Crippen molar-refractivity contribution in [2.75, 3.05) is 13.1 Å². The Morgan fingerprint density at radius 2 is 2.00 bits per heavy atom. The molecular weight excluding hydrogens is 162 g/mol. The van der Waals surface area contributed by atoms with Gasteiger partial charge in [-0.3, -0.25) is 4.79 Å². The first-order valence-corrected chi connectivity index (χ1v) is 4.53. The molecule has 13 heavy (non-hydrogen) atoms. The van der Waals surface area contributed by atoms with Crippen LogP contribution in [0.3, 0.4) is 0 Å². The monoisotopic (exact) mass is 176 g/mol. The van der Waals surface area contributed by atoms with Gasteiger partial charge in [0, 0.05) is 13.1 Å². The zero-order chi connectivity index (χ0) is 9.52. The van der Waals surface area contributed by atoms with Gasteiger partial charge in [0.25, 0.3) is 0 Å². The van der Waals surface area contributed by atoms with E-state index in [0.29, 0.717) is 0 Å². The average Bonchev–Trinajstić information content (AvgIpc) is 2.21. The molecule has 1 radical (unpaired) electrons. The first kappa shape index (κ1) is 9.78. The van der Waals surface area contributed by atoms with Gasteiger partial charge >= 0.3 is 6.41 Å². The fourth-order valence-corrected chi connectivity index (χ4v) is 1.18. The van der Waals surface area contributed by atoms with E-state index in [9.17, 15) is 4.79 Å². The number of benzene rings is 1. The summed E-state index contributed by atoms with van der Waals surface area (Å²) in [6.45, 7) is 3.44. The number of nitrogens with zero attached hydrogens (tertiary/aromatic N) is 1. The van der Waals surface area contributed by atoms with Crippen LogP contribution in [-0.4, -0.2) is 24.4 Å². The second kappa shape index (κ2) is 5.36. The lowest BCUT2D eigenvalue weighted by Gasteiger charge is -2.12. The van der Waals surface area contributed by atoms with Crippen LogP contribution in [0.25, 0.3) is 0 Å². The van der Waals surface area contributed by atoms with Crippen molar-refractivity contribution in [3.8, 4) is 0 Å². The molecule has 0 saturated carbocycles. The largest absolute Gasteiger partial charge is 0.334 e. The van der Waals surface area contributed by atoms with Crippen molar-refractivity contribution in [1.82, 2.24) is 4.90 Å². The molecule has 0 heterocycles. The second-order valence-corrected chi connectivity index (χ2v) is 2.91. The molecule has 0 saturated heterocycles. The highest BCUT2D eigenvalue weighted by Gasteiger charge is 1.98. The minimum Gasteiger partial charge on any atom is -0.334 e. The average molecular weight is 176 g/mol. The zero-order valence-corrected chi connectivity index (χ0v) is 7.86. The van der Waals surface area contributed by atoms with Gasteiger partial charge in [-0.05, 0) is 18.9 Å². The maximum atomic E-state index is 10.4. The van der Waals surface area contributed by atoms with Crippen LogP contribution in [0.5, 0.6) is 0 Å². The highest BCUT2D eigenvalue weighted by Crippen LogP contribution is 2.00. The maximum Gasteiger partial charge on any atom is 0.312 e. The maximum absolute atomic E-state index is 10.4. The summed E-state index contributed by atoms with van der Waals surface area (Å²) in [6.07, 6.45) is 2.81. The number of likely N-dealkylation sites (N-methyl/N-ethyl adjacent to an activating group) is 1. The number of amides is 1. The Bertz CT molecular complexity index is 246. The molecule has 0 unspecified atom stereocenters. The summed E-state index contributed by atoms with van der Waals surface area (Å²) in [5.74, 6) is 0. The molecule has 0 spiro atoms. The van der Waals surface area contributed by atoms with Crippen molar-refractivity contribution in [2.24, 2.45) is 0 Å². The first-order valence-electron chi connectivity index (χ1n) is 4.53. The number of hydrogen-bond acceptors (Lipinski definition) is 1. The van der Waals surface area contributed by atoms with Gasteiger partial charge in [-0.1, -0.05) is 30.3 Å². The molecule has 1 rings (SSSR count). The van der Waals surface area contributed by atoms with Crippen LogP contribution in [-0.2, 0) is 11.2 Å². The van der Waals surface area contributed by atoms with E-state index in [0.717, 1.165) is 19.5 Å². The Kier molecular flexibility index (Phi) is 4.03. The molecule has 0 bridgehead atoms. The van der Waals surface area contributed by atoms with Gasteiger partial charge in [0.15, 0.2) is 0 Å². The lowest BCUT2D eigenvalue weighted by molar-refractivity contribution is 0.397. The number of carbonyl (C=O) groups excluding carboxylic acids is 1. The molecule has 0 atom stereocenters. The van der Waals surface area contributed by atoms with E-state index in [2.05, 4.69) is 12.1 Å². The standard InChI is InChI=1S/C11H14NO/c1-2-12(10-13)9-8-11-6-4-3-5-7-11/h3-7H,2,8-9H2,1H3. The van der Waals surface area contributed by atoms with Gasteiger partial charge in [0.2, 0.25) is 0 Å². The van der Waals surface area contributed by atoms with Crippen molar-refractivity contribution in [1.29, 1.82) is 0 Å². The lowest BCUT2D eigenvalue weighted by atomic mass is 10.1. The summed E-state index contributed by atoms with van der Waals surface area (Å²) in [5, 5.41) is 0. The van der Waals surface area contributed by atoms with Crippen LogP contribution >= 0.6 is 0 Å². The van der Waals surface area contributed by atoms with Crippen LogP contribution in [0.2, 0.25) is 0 Å². The fourth-order valence-electron chi connectivity index (χ4n) is 1.18. The summed E-state index contributed by atoms with van der Waals surface area (Å²) < 4.78 is 0. The van der Waals surface area contributed by atoms with E-state index in [4.69, 9.17) is 0 Å². The van der Waals surface area contributed by atoms with E-state index in [1.807, 2.05) is 31.5 Å². The molecule has 0 fully saturated rings. The molecular formula is C11H14NO. The fraction of sp³-hybridized carbons (Fsp3) is 0.364. The van der Waals surface area contributed by atoms with E-state index in [1.54, 1.807) is 4.90 Å². The van der Waals surface area contributed by atoms with Gasteiger partial charge in [-0.25, -0.2) is 0 Å². The third kappa shape index (κ3) is 3.28. The van der Waals surface area contributed by atoms with Crippen molar-refractivity contribution >= 4 is 6.41 Å².